The van der Waals surface area contributed by atoms with E-state index in [1.807, 2.05) is 6.92 Å². The Kier molecular flexibility index (Phi) is 3.00. The van der Waals surface area contributed by atoms with E-state index in [0.29, 0.717) is 24.6 Å². The predicted octanol–water partition coefficient (Wildman–Crippen LogP) is 0.193. The fraction of sp³-hybridized carbons (Fsp3) is 0.500. The van der Waals surface area contributed by atoms with Crippen LogP contribution in [0.5, 0.6) is 0 Å². The maximum absolute atomic E-state index is 11.4. The fourth-order valence-electron chi connectivity index (χ4n) is 1.82. The Balaban J connectivity index is 2.14. The first-order chi connectivity index (χ1) is 7.69. The van der Waals surface area contributed by atoms with Gasteiger partial charge in [0.05, 0.1) is 6.54 Å². The number of nitrogens with two attached hydrogens (primary N) is 1. The van der Waals surface area contributed by atoms with E-state index in [1.54, 1.807) is 11.0 Å². The van der Waals surface area contributed by atoms with Crippen LogP contribution < -0.4 is 11.3 Å². The van der Waals surface area contributed by atoms with Crippen LogP contribution in [-0.2, 0) is 11.3 Å². The summed E-state index contributed by atoms with van der Waals surface area (Å²) in [4.78, 5) is 21.7. The van der Waals surface area contributed by atoms with E-state index >= 15 is 0 Å². The molecular weight excluding hydrogens is 206 g/mol. The number of aromatic nitrogens is 2. The molecule has 1 aliphatic heterocycles. The molecule has 0 aromatic carbocycles. The second-order valence-electron chi connectivity index (χ2n) is 3.87. The van der Waals surface area contributed by atoms with Crippen LogP contribution in [0.2, 0.25) is 0 Å². The number of hydrogen-bond acceptors (Lipinski definition) is 5. The van der Waals surface area contributed by atoms with Crippen LogP contribution in [0.3, 0.4) is 0 Å². The first-order valence-electron chi connectivity index (χ1n) is 5.28. The molecule has 3 N–H and O–H groups in total. The van der Waals surface area contributed by atoms with Crippen LogP contribution in [0.25, 0.3) is 0 Å². The topological polar surface area (TPSA) is 84.1 Å². The summed E-state index contributed by atoms with van der Waals surface area (Å²) >= 11 is 0. The van der Waals surface area contributed by atoms with Gasteiger partial charge in [-0.05, 0) is 13.3 Å². The lowest BCUT2D eigenvalue weighted by Crippen LogP contribution is -2.25. The van der Waals surface area contributed by atoms with Gasteiger partial charge in [0.2, 0.25) is 5.91 Å². The lowest BCUT2D eigenvalue weighted by Gasteiger charge is -2.14. The molecule has 1 aromatic rings. The average molecular weight is 221 g/mol. The van der Waals surface area contributed by atoms with E-state index in [1.165, 1.54) is 0 Å². The van der Waals surface area contributed by atoms with Crippen molar-refractivity contribution < 1.29 is 4.79 Å². The van der Waals surface area contributed by atoms with Crippen molar-refractivity contribution in [3.8, 4) is 0 Å². The van der Waals surface area contributed by atoms with E-state index < -0.39 is 0 Å². The number of rotatable bonds is 3. The average Bonchev–Trinajstić information content (AvgIpc) is 2.63. The number of nitrogens with one attached hydrogen (secondary N) is 1. The van der Waals surface area contributed by atoms with E-state index in [9.17, 15) is 4.79 Å². The van der Waals surface area contributed by atoms with Crippen molar-refractivity contribution >= 4 is 11.7 Å². The molecule has 0 atom stereocenters. The third kappa shape index (κ3) is 2.27. The summed E-state index contributed by atoms with van der Waals surface area (Å²) in [5.41, 5.74) is 3.33. The molecule has 1 amide bonds. The SMILES string of the molecule is Cc1cc(NN)nc(CN2CCCC2=O)n1. The fourth-order valence-corrected chi connectivity index (χ4v) is 1.82. The van der Waals surface area contributed by atoms with Gasteiger partial charge in [-0.3, -0.25) is 4.79 Å². The third-order valence-electron chi connectivity index (χ3n) is 2.55. The highest BCUT2D eigenvalue weighted by atomic mass is 16.2. The summed E-state index contributed by atoms with van der Waals surface area (Å²) in [6.07, 6.45) is 1.56. The first kappa shape index (κ1) is 10.8. The molecule has 1 aromatic heterocycles. The first-order valence-corrected chi connectivity index (χ1v) is 5.28. The molecule has 2 rings (SSSR count). The van der Waals surface area contributed by atoms with Crippen molar-refractivity contribution in [2.24, 2.45) is 5.84 Å². The summed E-state index contributed by atoms with van der Waals surface area (Å²) in [6.45, 7) is 3.13. The maximum Gasteiger partial charge on any atom is 0.223 e. The highest BCUT2D eigenvalue weighted by molar-refractivity contribution is 5.77. The summed E-state index contributed by atoms with van der Waals surface area (Å²) in [5.74, 6) is 6.68. The standard InChI is InChI=1S/C10H15N5O/c1-7-5-8(14-11)13-9(12-7)6-15-4-2-3-10(15)16/h5H,2-4,6,11H2,1H3,(H,12,13,14). The summed E-state index contributed by atoms with van der Waals surface area (Å²) in [6, 6.07) is 1.76. The van der Waals surface area contributed by atoms with E-state index in [-0.39, 0.29) is 5.91 Å². The molecular formula is C10H15N5O. The number of aryl methyl sites for hydroxylation is 1. The quantitative estimate of drug-likeness (QED) is 0.562. The molecule has 0 saturated carbocycles. The van der Waals surface area contributed by atoms with Crippen LogP contribution in [0, 0.1) is 6.92 Å². The Morgan fingerprint density at radius 2 is 2.38 bits per heavy atom. The molecule has 0 spiro atoms. The van der Waals surface area contributed by atoms with E-state index in [0.717, 1.165) is 18.7 Å². The normalized spacial score (nSPS) is 15.6. The van der Waals surface area contributed by atoms with Gasteiger partial charge in [-0.1, -0.05) is 0 Å². The van der Waals surface area contributed by atoms with Crippen molar-refractivity contribution in [1.29, 1.82) is 0 Å². The Morgan fingerprint density at radius 1 is 1.56 bits per heavy atom. The third-order valence-corrected chi connectivity index (χ3v) is 2.55. The predicted molar refractivity (Wildman–Crippen MR) is 59.2 cm³/mol. The second-order valence-corrected chi connectivity index (χ2v) is 3.87. The molecule has 0 bridgehead atoms. The van der Waals surface area contributed by atoms with Crippen molar-refractivity contribution in [2.45, 2.75) is 26.3 Å². The molecule has 2 heterocycles. The zero-order valence-electron chi connectivity index (χ0n) is 9.23. The zero-order valence-corrected chi connectivity index (χ0v) is 9.23. The minimum absolute atomic E-state index is 0.173. The van der Waals surface area contributed by atoms with Gasteiger partial charge in [0.25, 0.3) is 0 Å². The van der Waals surface area contributed by atoms with Crippen LogP contribution in [0.1, 0.15) is 24.4 Å². The monoisotopic (exact) mass is 221 g/mol. The molecule has 16 heavy (non-hydrogen) atoms. The summed E-state index contributed by atoms with van der Waals surface area (Å²) in [5, 5.41) is 0. The van der Waals surface area contributed by atoms with Crippen molar-refractivity contribution in [3.63, 3.8) is 0 Å². The number of carbonyl (C=O) groups excluding carboxylic acids is 1. The molecule has 1 aliphatic rings. The summed E-state index contributed by atoms with van der Waals surface area (Å²) < 4.78 is 0. The van der Waals surface area contributed by atoms with Gasteiger partial charge in [-0.25, -0.2) is 15.8 Å². The Bertz CT molecular complexity index is 406. The van der Waals surface area contributed by atoms with Gasteiger partial charge >= 0.3 is 0 Å². The Morgan fingerprint density at radius 3 is 3.00 bits per heavy atom. The number of likely N-dealkylation sites (tertiary alicyclic amines) is 1. The lowest BCUT2D eigenvalue weighted by atomic mass is 10.4. The lowest BCUT2D eigenvalue weighted by molar-refractivity contribution is -0.128. The van der Waals surface area contributed by atoms with Gasteiger partial charge in [0.1, 0.15) is 11.6 Å². The van der Waals surface area contributed by atoms with Gasteiger partial charge in [0, 0.05) is 24.7 Å². The molecule has 6 nitrogen and oxygen atoms in total. The number of anilines is 1. The van der Waals surface area contributed by atoms with Crippen LogP contribution in [-0.4, -0.2) is 27.3 Å². The van der Waals surface area contributed by atoms with Crippen molar-refractivity contribution in [2.75, 3.05) is 12.0 Å². The van der Waals surface area contributed by atoms with Crippen LogP contribution in [0.4, 0.5) is 5.82 Å². The maximum atomic E-state index is 11.4. The smallest absolute Gasteiger partial charge is 0.223 e. The van der Waals surface area contributed by atoms with E-state index in [2.05, 4.69) is 15.4 Å². The minimum Gasteiger partial charge on any atom is -0.335 e. The van der Waals surface area contributed by atoms with Gasteiger partial charge in [0.15, 0.2) is 0 Å². The Hall–Kier alpha value is -1.69. The molecule has 0 aliphatic carbocycles. The highest BCUT2D eigenvalue weighted by Crippen LogP contribution is 2.13. The molecule has 86 valence electrons. The van der Waals surface area contributed by atoms with E-state index in [4.69, 9.17) is 5.84 Å². The number of nitrogens with zero attached hydrogens (tertiary/aromatic N) is 3. The van der Waals surface area contributed by atoms with Crippen LogP contribution in [0.15, 0.2) is 6.07 Å². The highest BCUT2D eigenvalue weighted by Gasteiger charge is 2.21. The summed E-state index contributed by atoms with van der Waals surface area (Å²) in [7, 11) is 0. The number of carbonyl (C=O) groups is 1. The molecule has 6 heteroatoms. The van der Waals surface area contributed by atoms with Crippen molar-refractivity contribution in [1.82, 2.24) is 14.9 Å². The van der Waals surface area contributed by atoms with Gasteiger partial charge in [-0.15, -0.1) is 0 Å². The van der Waals surface area contributed by atoms with Crippen molar-refractivity contribution in [3.05, 3.63) is 17.6 Å². The molecule has 1 saturated heterocycles. The minimum atomic E-state index is 0.173. The Labute approximate surface area is 93.8 Å². The number of hydrogen-bond donors (Lipinski definition) is 2. The molecule has 0 unspecified atom stereocenters. The second kappa shape index (κ2) is 4.44. The molecule has 0 radical (unpaired) electrons. The zero-order chi connectivity index (χ0) is 11.5. The number of hydrazine groups is 1. The molecule has 1 fully saturated rings. The van der Waals surface area contributed by atoms with Gasteiger partial charge < -0.3 is 10.3 Å². The number of amides is 1. The van der Waals surface area contributed by atoms with Crippen LogP contribution >= 0.6 is 0 Å². The largest absolute Gasteiger partial charge is 0.335 e. The van der Waals surface area contributed by atoms with Gasteiger partial charge in [-0.2, -0.15) is 0 Å². The number of nitrogen functional groups attached to an aromatic ring is 1.